The highest BCUT2D eigenvalue weighted by Gasteiger charge is 2.22. The minimum absolute atomic E-state index is 0. The average molecular weight is 362 g/mol. The van der Waals surface area contributed by atoms with Crippen molar-refractivity contribution in [2.24, 2.45) is 5.92 Å². The Morgan fingerprint density at radius 2 is 1.83 bits per heavy atom. The van der Waals surface area contributed by atoms with Gasteiger partial charge in [0.1, 0.15) is 0 Å². The van der Waals surface area contributed by atoms with Crippen molar-refractivity contribution < 1.29 is 4.79 Å². The van der Waals surface area contributed by atoms with Gasteiger partial charge in [-0.3, -0.25) is 9.69 Å². The van der Waals surface area contributed by atoms with Crippen LogP contribution in [-0.2, 0) is 11.3 Å². The Hall–Kier alpha value is -0.810. The maximum absolute atomic E-state index is 12.4. The van der Waals surface area contributed by atoms with Crippen molar-refractivity contribution in [3.8, 4) is 0 Å². The summed E-state index contributed by atoms with van der Waals surface area (Å²) in [5, 5.41) is 3.09. The van der Waals surface area contributed by atoms with E-state index < -0.39 is 0 Å². The molecule has 1 amide bonds. The minimum atomic E-state index is 0. The Balaban J connectivity index is 0.00000242. The molecule has 1 aromatic carbocycles. The molecule has 2 rings (SSSR count). The first-order chi connectivity index (χ1) is 10.2. The van der Waals surface area contributed by atoms with E-state index >= 15 is 0 Å². The van der Waals surface area contributed by atoms with Gasteiger partial charge in [0, 0.05) is 45.2 Å². The van der Waals surface area contributed by atoms with Crippen molar-refractivity contribution in [3.05, 3.63) is 35.9 Å². The molecule has 1 unspecified atom stereocenters. The van der Waals surface area contributed by atoms with E-state index in [-0.39, 0.29) is 36.6 Å². The maximum Gasteiger partial charge on any atom is 0.226 e. The van der Waals surface area contributed by atoms with Gasteiger partial charge in [-0.05, 0) is 19.0 Å². The maximum atomic E-state index is 12.4. The number of rotatable bonds is 5. The van der Waals surface area contributed by atoms with Gasteiger partial charge < -0.3 is 10.2 Å². The molecule has 0 aliphatic carbocycles. The molecule has 23 heavy (non-hydrogen) atoms. The van der Waals surface area contributed by atoms with Crippen LogP contribution in [0.5, 0.6) is 0 Å². The molecule has 0 aromatic heterocycles. The fourth-order valence-corrected chi connectivity index (χ4v) is 2.90. The SMILES string of the molecule is CNCC(C)C(=O)N1CCCN(Cc2ccccc2)CC1.Cl.Cl. The number of hydrogen-bond acceptors (Lipinski definition) is 3. The molecule has 0 bridgehead atoms. The molecule has 0 spiro atoms. The molecule has 4 nitrogen and oxygen atoms in total. The first-order valence-corrected chi connectivity index (χ1v) is 7.90. The van der Waals surface area contributed by atoms with Gasteiger partial charge >= 0.3 is 0 Å². The smallest absolute Gasteiger partial charge is 0.226 e. The van der Waals surface area contributed by atoms with Crippen molar-refractivity contribution in [3.63, 3.8) is 0 Å². The highest BCUT2D eigenvalue weighted by Crippen LogP contribution is 2.11. The Morgan fingerprint density at radius 3 is 2.48 bits per heavy atom. The molecule has 1 heterocycles. The second-order valence-corrected chi connectivity index (χ2v) is 5.90. The third-order valence-electron chi connectivity index (χ3n) is 4.08. The van der Waals surface area contributed by atoms with Crippen molar-refractivity contribution in [1.29, 1.82) is 0 Å². The summed E-state index contributed by atoms with van der Waals surface area (Å²) >= 11 is 0. The summed E-state index contributed by atoms with van der Waals surface area (Å²) in [5.74, 6) is 0.349. The number of carbonyl (C=O) groups is 1. The third-order valence-corrected chi connectivity index (χ3v) is 4.08. The van der Waals surface area contributed by atoms with Crippen molar-refractivity contribution >= 4 is 30.7 Å². The van der Waals surface area contributed by atoms with Gasteiger partial charge in [0.25, 0.3) is 0 Å². The summed E-state index contributed by atoms with van der Waals surface area (Å²) in [5.41, 5.74) is 1.35. The lowest BCUT2D eigenvalue weighted by Crippen LogP contribution is -2.40. The number of halogens is 2. The summed E-state index contributed by atoms with van der Waals surface area (Å²) in [4.78, 5) is 16.9. The Kier molecular flexibility index (Phi) is 11.3. The van der Waals surface area contributed by atoms with Crippen LogP contribution in [0.4, 0.5) is 0 Å². The molecule has 0 saturated carbocycles. The van der Waals surface area contributed by atoms with Crippen molar-refractivity contribution in [2.45, 2.75) is 19.9 Å². The summed E-state index contributed by atoms with van der Waals surface area (Å²) in [7, 11) is 1.90. The van der Waals surface area contributed by atoms with E-state index in [9.17, 15) is 4.79 Å². The average Bonchev–Trinajstić information content (AvgIpc) is 2.73. The molecular formula is C17H29Cl2N3O. The van der Waals surface area contributed by atoms with E-state index in [4.69, 9.17) is 0 Å². The summed E-state index contributed by atoms with van der Waals surface area (Å²) in [6, 6.07) is 10.6. The third kappa shape index (κ3) is 7.08. The molecule has 132 valence electrons. The quantitative estimate of drug-likeness (QED) is 0.874. The molecule has 1 aliphatic heterocycles. The van der Waals surface area contributed by atoms with Gasteiger partial charge in [0.15, 0.2) is 0 Å². The van der Waals surface area contributed by atoms with E-state index in [1.54, 1.807) is 0 Å². The van der Waals surface area contributed by atoms with Gasteiger partial charge in [-0.1, -0.05) is 37.3 Å². The number of benzene rings is 1. The summed E-state index contributed by atoms with van der Waals surface area (Å²) in [6.45, 7) is 7.51. The number of amides is 1. The largest absolute Gasteiger partial charge is 0.341 e. The number of nitrogens with zero attached hydrogens (tertiary/aromatic N) is 2. The minimum Gasteiger partial charge on any atom is -0.341 e. The van der Waals surface area contributed by atoms with Gasteiger partial charge in [0.2, 0.25) is 5.91 Å². The molecule has 1 aliphatic rings. The lowest BCUT2D eigenvalue weighted by atomic mass is 10.1. The predicted octanol–water partition coefficient (Wildman–Crippen LogP) is 2.42. The van der Waals surface area contributed by atoms with Crippen LogP contribution < -0.4 is 5.32 Å². The monoisotopic (exact) mass is 361 g/mol. The van der Waals surface area contributed by atoms with E-state index in [1.165, 1.54) is 5.56 Å². The molecule has 1 saturated heterocycles. The number of carbonyl (C=O) groups excluding carboxylic acids is 1. The summed E-state index contributed by atoms with van der Waals surface area (Å²) < 4.78 is 0. The van der Waals surface area contributed by atoms with Gasteiger partial charge in [-0.15, -0.1) is 24.8 Å². The van der Waals surface area contributed by atoms with Gasteiger partial charge in [-0.25, -0.2) is 0 Å². The molecule has 1 aromatic rings. The molecule has 1 N–H and O–H groups in total. The first kappa shape index (κ1) is 22.2. The van der Waals surface area contributed by atoms with Crippen LogP contribution in [0.1, 0.15) is 18.9 Å². The van der Waals surface area contributed by atoms with Gasteiger partial charge in [0.05, 0.1) is 0 Å². The fraction of sp³-hybridized carbons (Fsp3) is 0.588. The zero-order chi connectivity index (χ0) is 15.1. The van der Waals surface area contributed by atoms with Crippen LogP contribution in [0, 0.1) is 5.92 Å². The molecule has 1 atom stereocenters. The topological polar surface area (TPSA) is 35.6 Å². The predicted molar refractivity (Wildman–Crippen MR) is 101 cm³/mol. The summed E-state index contributed by atoms with van der Waals surface area (Å²) in [6.07, 6.45) is 1.06. The zero-order valence-electron chi connectivity index (χ0n) is 14.0. The highest BCUT2D eigenvalue weighted by atomic mass is 35.5. The van der Waals surface area contributed by atoms with Crippen LogP contribution >= 0.6 is 24.8 Å². The Morgan fingerprint density at radius 1 is 1.13 bits per heavy atom. The highest BCUT2D eigenvalue weighted by molar-refractivity contribution is 5.85. The second kappa shape index (κ2) is 11.7. The van der Waals surface area contributed by atoms with Crippen molar-refractivity contribution in [1.82, 2.24) is 15.1 Å². The number of nitrogens with one attached hydrogen (secondary N) is 1. The second-order valence-electron chi connectivity index (χ2n) is 5.90. The standard InChI is InChI=1S/C17H27N3O.2ClH/c1-15(13-18-2)17(21)20-10-6-9-19(11-12-20)14-16-7-4-3-5-8-16;;/h3-5,7-8,15,18H,6,9-14H2,1-2H3;2*1H. The van der Waals surface area contributed by atoms with Crippen LogP contribution in [-0.4, -0.2) is 55.5 Å². The van der Waals surface area contributed by atoms with Crippen LogP contribution in [0.2, 0.25) is 0 Å². The molecule has 6 heteroatoms. The normalized spacial score (nSPS) is 16.7. The van der Waals surface area contributed by atoms with Crippen LogP contribution in [0.15, 0.2) is 30.3 Å². The number of hydrogen-bond donors (Lipinski definition) is 1. The molecular weight excluding hydrogens is 333 g/mol. The lowest BCUT2D eigenvalue weighted by molar-refractivity contribution is -0.134. The first-order valence-electron chi connectivity index (χ1n) is 7.90. The Labute approximate surface area is 152 Å². The van der Waals surface area contributed by atoms with E-state index in [2.05, 4.69) is 40.5 Å². The Bertz CT molecular complexity index is 445. The van der Waals surface area contributed by atoms with Crippen molar-refractivity contribution in [2.75, 3.05) is 39.8 Å². The van der Waals surface area contributed by atoms with E-state index in [0.717, 1.165) is 45.7 Å². The molecule has 1 fully saturated rings. The lowest BCUT2D eigenvalue weighted by Gasteiger charge is -2.24. The zero-order valence-corrected chi connectivity index (χ0v) is 15.7. The van der Waals surface area contributed by atoms with E-state index in [0.29, 0.717) is 0 Å². The fourth-order valence-electron chi connectivity index (χ4n) is 2.90. The van der Waals surface area contributed by atoms with E-state index in [1.807, 2.05) is 18.9 Å². The van der Waals surface area contributed by atoms with Gasteiger partial charge in [-0.2, -0.15) is 0 Å². The van der Waals surface area contributed by atoms with Crippen LogP contribution in [0.3, 0.4) is 0 Å². The molecule has 0 radical (unpaired) electrons. The van der Waals surface area contributed by atoms with Crippen LogP contribution in [0.25, 0.3) is 0 Å².